The Balaban J connectivity index is 1.46. The summed E-state index contributed by atoms with van der Waals surface area (Å²) in [4.78, 5) is 15.6. The zero-order chi connectivity index (χ0) is 18.0. The summed E-state index contributed by atoms with van der Waals surface area (Å²) in [6.45, 7) is 0.331. The van der Waals surface area contributed by atoms with Gasteiger partial charge in [0.1, 0.15) is 5.75 Å². The maximum Gasteiger partial charge on any atom is 0.262 e. The standard InChI is InChI=1S/C18H24F2N2O3/c1-25-16-4-2-3-13(7-16)5-6-17(24)21-9-15(10-21)22-12-18(19,20)8-14(22)11-23/h2-4,7,14-15,23H,5-6,8-12H2,1H3/t14-/m0/s1. The number of benzene rings is 1. The van der Waals surface area contributed by atoms with Crippen LogP contribution in [-0.4, -0.2) is 72.2 Å². The number of carbonyl (C=O) groups is 1. The number of ether oxygens (including phenoxy) is 1. The molecule has 0 aliphatic carbocycles. The van der Waals surface area contributed by atoms with Gasteiger partial charge in [0.25, 0.3) is 5.92 Å². The van der Waals surface area contributed by atoms with Crippen LogP contribution in [-0.2, 0) is 11.2 Å². The molecule has 2 saturated heterocycles. The van der Waals surface area contributed by atoms with Gasteiger partial charge in [-0.15, -0.1) is 0 Å². The smallest absolute Gasteiger partial charge is 0.262 e. The van der Waals surface area contributed by atoms with Crippen molar-refractivity contribution >= 4 is 5.91 Å². The number of hydrogen-bond acceptors (Lipinski definition) is 4. The van der Waals surface area contributed by atoms with Crippen molar-refractivity contribution in [3.8, 4) is 5.75 Å². The van der Waals surface area contributed by atoms with Crippen molar-refractivity contribution in [3.05, 3.63) is 29.8 Å². The number of aliphatic hydroxyl groups excluding tert-OH is 1. The minimum Gasteiger partial charge on any atom is -0.497 e. The molecule has 1 aromatic rings. The summed E-state index contributed by atoms with van der Waals surface area (Å²) < 4.78 is 32.2. The summed E-state index contributed by atoms with van der Waals surface area (Å²) in [6, 6.07) is 7.02. The molecule has 1 atom stereocenters. The first-order valence-corrected chi connectivity index (χ1v) is 8.57. The van der Waals surface area contributed by atoms with Crippen LogP contribution in [0.15, 0.2) is 24.3 Å². The molecule has 2 aliphatic heterocycles. The maximum atomic E-state index is 13.5. The van der Waals surface area contributed by atoms with Crippen molar-refractivity contribution in [2.75, 3.05) is 33.4 Å². The van der Waals surface area contributed by atoms with Gasteiger partial charge in [-0.3, -0.25) is 9.69 Å². The van der Waals surface area contributed by atoms with E-state index in [1.54, 1.807) is 16.9 Å². The van der Waals surface area contributed by atoms with E-state index in [1.807, 2.05) is 24.3 Å². The van der Waals surface area contributed by atoms with E-state index < -0.39 is 12.0 Å². The molecule has 0 aromatic heterocycles. The lowest BCUT2D eigenvalue weighted by molar-refractivity contribution is -0.139. The summed E-state index contributed by atoms with van der Waals surface area (Å²) in [5, 5.41) is 9.30. The second-order valence-corrected chi connectivity index (χ2v) is 6.87. The molecule has 2 aliphatic rings. The zero-order valence-electron chi connectivity index (χ0n) is 14.3. The van der Waals surface area contributed by atoms with Gasteiger partial charge in [-0.25, -0.2) is 8.78 Å². The van der Waals surface area contributed by atoms with Crippen LogP contribution < -0.4 is 4.74 Å². The number of methoxy groups -OCH3 is 1. The molecule has 0 unspecified atom stereocenters. The molecular formula is C18H24F2N2O3. The first-order chi connectivity index (χ1) is 11.9. The molecule has 0 saturated carbocycles. The van der Waals surface area contributed by atoms with Crippen molar-refractivity contribution in [3.63, 3.8) is 0 Å². The van der Waals surface area contributed by atoms with Crippen LogP contribution in [0.25, 0.3) is 0 Å². The topological polar surface area (TPSA) is 53.0 Å². The van der Waals surface area contributed by atoms with Gasteiger partial charge in [0.05, 0.1) is 20.3 Å². The Morgan fingerprint density at radius 2 is 2.16 bits per heavy atom. The second kappa shape index (κ2) is 7.25. The van der Waals surface area contributed by atoms with Crippen molar-refractivity contribution in [2.45, 2.75) is 37.3 Å². The lowest BCUT2D eigenvalue weighted by Crippen LogP contribution is -2.62. The van der Waals surface area contributed by atoms with E-state index in [1.165, 1.54) is 0 Å². The van der Waals surface area contributed by atoms with Crippen molar-refractivity contribution < 1.29 is 23.4 Å². The quantitative estimate of drug-likeness (QED) is 0.842. The van der Waals surface area contributed by atoms with Gasteiger partial charge in [0.2, 0.25) is 5.91 Å². The van der Waals surface area contributed by atoms with Crippen molar-refractivity contribution in [1.82, 2.24) is 9.80 Å². The number of amides is 1. The monoisotopic (exact) mass is 354 g/mol. The predicted octanol–water partition coefficient (Wildman–Crippen LogP) is 1.54. The van der Waals surface area contributed by atoms with Crippen LogP contribution in [0.2, 0.25) is 0 Å². The summed E-state index contributed by atoms with van der Waals surface area (Å²) in [5.41, 5.74) is 1.03. The molecule has 25 heavy (non-hydrogen) atoms. The van der Waals surface area contributed by atoms with E-state index >= 15 is 0 Å². The van der Waals surface area contributed by atoms with Gasteiger partial charge < -0.3 is 14.7 Å². The number of carbonyl (C=O) groups excluding carboxylic acids is 1. The highest BCUT2D eigenvalue weighted by atomic mass is 19.3. The molecule has 2 heterocycles. The van der Waals surface area contributed by atoms with Crippen molar-refractivity contribution in [2.24, 2.45) is 0 Å². The van der Waals surface area contributed by atoms with Gasteiger partial charge in [0, 0.05) is 38.0 Å². The lowest BCUT2D eigenvalue weighted by Gasteiger charge is -2.45. The third kappa shape index (κ3) is 4.10. The van der Waals surface area contributed by atoms with Gasteiger partial charge in [0.15, 0.2) is 0 Å². The summed E-state index contributed by atoms with van der Waals surface area (Å²) in [7, 11) is 1.60. The molecule has 2 fully saturated rings. The highest BCUT2D eigenvalue weighted by Crippen LogP contribution is 2.35. The molecule has 5 nitrogen and oxygen atoms in total. The third-order valence-corrected chi connectivity index (χ3v) is 5.07. The number of aryl methyl sites for hydroxylation is 1. The molecule has 1 N–H and O–H groups in total. The van der Waals surface area contributed by atoms with Crippen LogP contribution in [0.1, 0.15) is 18.4 Å². The highest BCUT2D eigenvalue weighted by Gasteiger charge is 2.49. The Labute approximate surface area is 146 Å². The number of rotatable bonds is 6. The van der Waals surface area contributed by atoms with Gasteiger partial charge in [-0.2, -0.15) is 0 Å². The average molecular weight is 354 g/mol. The number of hydrogen-bond donors (Lipinski definition) is 1. The number of halogens is 2. The Morgan fingerprint density at radius 1 is 1.40 bits per heavy atom. The fourth-order valence-corrected chi connectivity index (χ4v) is 3.63. The fourth-order valence-electron chi connectivity index (χ4n) is 3.63. The van der Waals surface area contributed by atoms with Gasteiger partial charge >= 0.3 is 0 Å². The molecule has 0 radical (unpaired) electrons. The fraction of sp³-hybridized carbons (Fsp3) is 0.611. The van der Waals surface area contributed by atoms with E-state index in [4.69, 9.17) is 4.74 Å². The van der Waals surface area contributed by atoms with Gasteiger partial charge in [-0.1, -0.05) is 12.1 Å². The van der Waals surface area contributed by atoms with E-state index in [2.05, 4.69) is 0 Å². The first kappa shape index (κ1) is 18.1. The normalized spacial score (nSPS) is 23.5. The Kier molecular flexibility index (Phi) is 5.24. The molecular weight excluding hydrogens is 330 g/mol. The molecule has 0 bridgehead atoms. The summed E-state index contributed by atoms with van der Waals surface area (Å²) in [5.74, 6) is -1.95. The minimum absolute atomic E-state index is 0.0329. The van der Waals surface area contributed by atoms with E-state index in [-0.39, 0.29) is 31.5 Å². The summed E-state index contributed by atoms with van der Waals surface area (Å²) in [6.07, 6.45) is 0.710. The predicted molar refractivity (Wildman–Crippen MR) is 88.8 cm³/mol. The minimum atomic E-state index is -2.75. The SMILES string of the molecule is COc1cccc(CCC(=O)N2CC(N3CC(F)(F)C[C@H]3CO)C2)c1. The van der Waals surface area contributed by atoms with Crippen LogP contribution >= 0.6 is 0 Å². The molecule has 0 spiro atoms. The van der Waals surface area contributed by atoms with Crippen LogP contribution in [0, 0.1) is 0 Å². The first-order valence-electron chi connectivity index (χ1n) is 8.57. The molecule has 7 heteroatoms. The van der Waals surface area contributed by atoms with Crippen LogP contribution in [0.4, 0.5) is 8.78 Å². The third-order valence-electron chi connectivity index (χ3n) is 5.07. The Hall–Kier alpha value is -1.73. The van der Waals surface area contributed by atoms with E-state index in [0.29, 0.717) is 25.9 Å². The molecule has 138 valence electrons. The number of likely N-dealkylation sites (tertiary alicyclic amines) is 2. The Morgan fingerprint density at radius 3 is 2.84 bits per heavy atom. The summed E-state index contributed by atoms with van der Waals surface area (Å²) >= 11 is 0. The molecule has 1 amide bonds. The number of nitrogens with zero attached hydrogens (tertiary/aromatic N) is 2. The largest absolute Gasteiger partial charge is 0.497 e. The molecule has 3 rings (SSSR count). The lowest BCUT2D eigenvalue weighted by atomic mass is 10.0. The van der Waals surface area contributed by atoms with Crippen LogP contribution in [0.3, 0.4) is 0 Å². The van der Waals surface area contributed by atoms with Crippen molar-refractivity contribution in [1.29, 1.82) is 0 Å². The number of aliphatic hydroxyl groups is 1. The zero-order valence-corrected chi connectivity index (χ0v) is 14.3. The van der Waals surface area contributed by atoms with E-state index in [0.717, 1.165) is 11.3 Å². The van der Waals surface area contributed by atoms with Gasteiger partial charge in [-0.05, 0) is 24.1 Å². The van der Waals surface area contributed by atoms with E-state index in [9.17, 15) is 18.7 Å². The average Bonchev–Trinajstić information content (AvgIpc) is 2.86. The number of alkyl halides is 2. The maximum absolute atomic E-state index is 13.5. The Bertz CT molecular complexity index is 620. The second-order valence-electron chi connectivity index (χ2n) is 6.87. The molecule has 1 aromatic carbocycles. The van der Waals surface area contributed by atoms with Crippen LogP contribution in [0.5, 0.6) is 5.75 Å². The highest BCUT2D eigenvalue weighted by molar-refractivity contribution is 5.77.